The van der Waals surface area contributed by atoms with Crippen molar-refractivity contribution < 1.29 is 14.0 Å². The van der Waals surface area contributed by atoms with Crippen molar-refractivity contribution in [3.05, 3.63) is 70.5 Å². The molecule has 30 heavy (non-hydrogen) atoms. The maximum Gasteiger partial charge on any atom is 0.254 e. The summed E-state index contributed by atoms with van der Waals surface area (Å²) in [4.78, 5) is 29.2. The molecular formula is C24H28FN3O2. The van der Waals surface area contributed by atoms with Crippen LogP contribution in [0.4, 0.5) is 4.39 Å². The number of amides is 2. The average Bonchev–Trinajstić information content (AvgIpc) is 3.26. The van der Waals surface area contributed by atoms with Gasteiger partial charge in [0.15, 0.2) is 0 Å². The van der Waals surface area contributed by atoms with Gasteiger partial charge in [-0.2, -0.15) is 0 Å². The molecule has 2 fully saturated rings. The maximum atomic E-state index is 13.7. The largest absolute Gasteiger partial charge is 0.366 e. The van der Waals surface area contributed by atoms with Crippen LogP contribution in [-0.2, 0) is 6.42 Å². The second-order valence-electron chi connectivity index (χ2n) is 8.59. The molecule has 0 saturated carbocycles. The Balaban J connectivity index is 1.34. The molecule has 2 N–H and O–H groups in total. The molecule has 2 aliphatic rings. The van der Waals surface area contributed by atoms with E-state index in [1.807, 2.05) is 11.0 Å². The van der Waals surface area contributed by atoms with Crippen LogP contribution in [-0.4, -0.2) is 54.3 Å². The molecule has 1 unspecified atom stereocenters. The van der Waals surface area contributed by atoms with Gasteiger partial charge in [0.1, 0.15) is 5.82 Å². The summed E-state index contributed by atoms with van der Waals surface area (Å²) in [6, 6.07) is 12.9. The van der Waals surface area contributed by atoms with E-state index in [4.69, 9.17) is 5.73 Å². The van der Waals surface area contributed by atoms with Gasteiger partial charge in [0, 0.05) is 26.2 Å². The monoisotopic (exact) mass is 409 g/mol. The van der Waals surface area contributed by atoms with Gasteiger partial charge in [-0.05, 0) is 61.4 Å². The van der Waals surface area contributed by atoms with Crippen molar-refractivity contribution in [2.24, 2.45) is 17.6 Å². The van der Waals surface area contributed by atoms with E-state index in [0.29, 0.717) is 30.5 Å². The number of primary amides is 1. The molecule has 2 amide bonds. The summed E-state index contributed by atoms with van der Waals surface area (Å²) in [6.45, 7) is 6.05. The molecular weight excluding hydrogens is 381 g/mol. The number of carbonyl (C=O) groups excluding carboxylic acids is 2. The highest BCUT2D eigenvalue weighted by atomic mass is 19.1. The number of benzene rings is 2. The smallest absolute Gasteiger partial charge is 0.254 e. The van der Waals surface area contributed by atoms with Crippen LogP contribution in [0.3, 0.4) is 0 Å². The number of aryl methyl sites for hydroxylation is 2. The molecule has 0 spiro atoms. The Kier molecular flexibility index (Phi) is 5.86. The highest BCUT2D eigenvalue weighted by Crippen LogP contribution is 2.33. The highest BCUT2D eigenvalue weighted by Gasteiger charge is 2.42. The van der Waals surface area contributed by atoms with Crippen LogP contribution in [0.2, 0.25) is 0 Å². The van der Waals surface area contributed by atoms with Gasteiger partial charge < -0.3 is 15.5 Å². The summed E-state index contributed by atoms with van der Waals surface area (Å²) < 4.78 is 13.7. The van der Waals surface area contributed by atoms with Crippen LogP contribution in [0.15, 0.2) is 42.5 Å². The minimum absolute atomic E-state index is 0.0305. The average molecular weight is 410 g/mol. The van der Waals surface area contributed by atoms with E-state index in [1.54, 1.807) is 6.92 Å². The van der Waals surface area contributed by atoms with Gasteiger partial charge in [-0.25, -0.2) is 4.39 Å². The lowest BCUT2D eigenvalue weighted by atomic mass is 9.99. The zero-order valence-electron chi connectivity index (χ0n) is 17.3. The van der Waals surface area contributed by atoms with Gasteiger partial charge in [-0.1, -0.05) is 30.3 Å². The number of nitrogens with two attached hydrogens (primary N) is 1. The molecule has 2 aromatic carbocycles. The first-order valence-electron chi connectivity index (χ1n) is 10.6. The summed E-state index contributed by atoms with van der Waals surface area (Å²) in [6.07, 6.45) is 2.21. The molecule has 2 heterocycles. The zero-order valence-corrected chi connectivity index (χ0v) is 17.3. The summed E-state index contributed by atoms with van der Waals surface area (Å²) in [7, 11) is 0. The molecule has 2 aliphatic heterocycles. The molecule has 4 rings (SSSR count). The van der Waals surface area contributed by atoms with Crippen LogP contribution in [0, 0.1) is 24.6 Å². The quantitative estimate of drug-likeness (QED) is 0.798. The standard InChI is InChI=1S/C24H28FN3O2/c1-16-10-20(25)11-21(23(26)29)22(16)24(30)28-14-18-12-27(13-19(18)15-28)9-5-8-17-6-3-2-4-7-17/h2-4,6-7,10-11,18-19H,5,8-9,12-15H2,1H3,(H2,26,29)/t18-,19?/m0/s1. The van der Waals surface area contributed by atoms with E-state index < -0.39 is 11.7 Å². The lowest BCUT2D eigenvalue weighted by Gasteiger charge is -2.23. The van der Waals surface area contributed by atoms with Gasteiger partial charge in [0.25, 0.3) is 5.91 Å². The van der Waals surface area contributed by atoms with E-state index >= 15 is 0 Å². The molecule has 5 nitrogen and oxygen atoms in total. The van der Waals surface area contributed by atoms with Crippen LogP contribution < -0.4 is 5.73 Å². The summed E-state index contributed by atoms with van der Waals surface area (Å²) in [5, 5.41) is 0. The van der Waals surface area contributed by atoms with Crippen molar-refractivity contribution in [3.63, 3.8) is 0 Å². The van der Waals surface area contributed by atoms with Crippen molar-refractivity contribution in [2.45, 2.75) is 19.8 Å². The van der Waals surface area contributed by atoms with E-state index in [0.717, 1.165) is 38.5 Å². The van der Waals surface area contributed by atoms with Gasteiger partial charge in [0.05, 0.1) is 11.1 Å². The third kappa shape index (κ3) is 4.24. The van der Waals surface area contributed by atoms with Gasteiger partial charge in [-0.15, -0.1) is 0 Å². The molecule has 0 aliphatic carbocycles. The molecule has 6 heteroatoms. The number of hydrogen-bond acceptors (Lipinski definition) is 3. The molecule has 2 saturated heterocycles. The third-order valence-corrected chi connectivity index (χ3v) is 6.41. The molecule has 0 aromatic heterocycles. The number of hydrogen-bond donors (Lipinski definition) is 1. The number of fused-ring (bicyclic) bond motifs is 1. The summed E-state index contributed by atoms with van der Waals surface area (Å²) in [5.41, 5.74) is 7.43. The second-order valence-corrected chi connectivity index (χ2v) is 8.59. The number of nitrogens with zero attached hydrogens (tertiary/aromatic N) is 2. The number of halogens is 1. The summed E-state index contributed by atoms with van der Waals surface area (Å²) >= 11 is 0. The van der Waals surface area contributed by atoms with Gasteiger partial charge in [-0.3, -0.25) is 9.59 Å². The van der Waals surface area contributed by atoms with E-state index in [2.05, 4.69) is 29.2 Å². The van der Waals surface area contributed by atoms with Crippen LogP contribution >= 0.6 is 0 Å². The van der Waals surface area contributed by atoms with Crippen LogP contribution in [0.5, 0.6) is 0 Å². The Bertz CT molecular complexity index is 933. The fraction of sp³-hybridized carbons (Fsp3) is 0.417. The lowest BCUT2D eigenvalue weighted by molar-refractivity contribution is 0.0767. The topological polar surface area (TPSA) is 66.6 Å². The minimum Gasteiger partial charge on any atom is -0.366 e. The van der Waals surface area contributed by atoms with E-state index in [-0.39, 0.29) is 17.0 Å². The van der Waals surface area contributed by atoms with Crippen LogP contribution in [0.1, 0.15) is 38.3 Å². The number of rotatable bonds is 6. The zero-order chi connectivity index (χ0) is 21.3. The first kappa shape index (κ1) is 20.5. The minimum atomic E-state index is -0.773. The van der Waals surface area contributed by atoms with Crippen molar-refractivity contribution >= 4 is 11.8 Å². The second kappa shape index (κ2) is 8.56. The number of carbonyl (C=O) groups is 2. The Morgan fingerprint density at radius 2 is 1.73 bits per heavy atom. The third-order valence-electron chi connectivity index (χ3n) is 6.41. The van der Waals surface area contributed by atoms with Crippen molar-refractivity contribution in [1.82, 2.24) is 9.80 Å². The Labute approximate surface area is 176 Å². The fourth-order valence-electron chi connectivity index (χ4n) is 4.97. The van der Waals surface area contributed by atoms with Crippen molar-refractivity contribution in [3.8, 4) is 0 Å². The SMILES string of the molecule is Cc1cc(F)cc(C(N)=O)c1C(=O)N1CC2CN(CCCc3ccccc3)C[C@H]2C1. The first-order chi connectivity index (χ1) is 14.4. The van der Waals surface area contributed by atoms with Crippen molar-refractivity contribution in [2.75, 3.05) is 32.7 Å². The highest BCUT2D eigenvalue weighted by molar-refractivity contribution is 6.07. The van der Waals surface area contributed by atoms with Crippen molar-refractivity contribution in [1.29, 1.82) is 0 Å². The summed E-state index contributed by atoms with van der Waals surface area (Å²) in [5.74, 6) is -0.648. The molecule has 2 aromatic rings. The fourth-order valence-corrected chi connectivity index (χ4v) is 4.97. The Morgan fingerprint density at radius 1 is 1.07 bits per heavy atom. The van der Waals surface area contributed by atoms with E-state index in [9.17, 15) is 14.0 Å². The number of likely N-dealkylation sites (tertiary alicyclic amines) is 2. The maximum absolute atomic E-state index is 13.7. The predicted octanol–water partition coefficient (Wildman–Crippen LogP) is 2.87. The van der Waals surface area contributed by atoms with Gasteiger partial charge in [0.2, 0.25) is 5.91 Å². The normalized spacial score (nSPS) is 21.1. The van der Waals surface area contributed by atoms with E-state index in [1.165, 1.54) is 11.6 Å². The Morgan fingerprint density at radius 3 is 2.37 bits per heavy atom. The first-order valence-corrected chi connectivity index (χ1v) is 10.6. The van der Waals surface area contributed by atoms with Gasteiger partial charge >= 0.3 is 0 Å². The van der Waals surface area contributed by atoms with Crippen LogP contribution in [0.25, 0.3) is 0 Å². The Hall–Kier alpha value is -2.73. The molecule has 2 atom stereocenters. The molecule has 0 bridgehead atoms. The molecule has 158 valence electrons. The lowest BCUT2D eigenvalue weighted by Crippen LogP contribution is -2.35. The predicted molar refractivity (Wildman–Crippen MR) is 114 cm³/mol. The molecule has 0 radical (unpaired) electrons.